The van der Waals surface area contributed by atoms with Crippen LogP contribution >= 0.6 is 0 Å². The van der Waals surface area contributed by atoms with Gasteiger partial charge in [0.25, 0.3) is 0 Å². The summed E-state index contributed by atoms with van der Waals surface area (Å²) in [6.45, 7) is 1.58. The molecule has 1 fully saturated rings. The Morgan fingerprint density at radius 2 is 1.84 bits per heavy atom. The van der Waals surface area contributed by atoms with Gasteiger partial charge in [0, 0.05) is 18.2 Å². The molecular weight excluding hydrogens is 260 g/mol. The largest absolute Gasteiger partial charge is 0.419 e. The van der Waals surface area contributed by atoms with E-state index in [0.29, 0.717) is 13.1 Å². The SMILES string of the molecule is NC1CCN(Cc2cccc(C(F)(F)F)c2F)CC1. The second kappa shape index (κ2) is 5.46. The van der Waals surface area contributed by atoms with Crippen LogP contribution in [-0.2, 0) is 12.7 Å². The number of piperidine rings is 1. The van der Waals surface area contributed by atoms with Gasteiger partial charge in [0.2, 0.25) is 0 Å². The maximum Gasteiger partial charge on any atom is 0.419 e. The predicted octanol–water partition coefficient (Wildman–Crippen LogP) is 2.77. The average molecular weight is 276 g/mol. The fourth-order valence-corrected chi connectivity index (χ4v) is 2.27. The lowest BCUT2D eigenvalue weighted by molar-refractivity contribution is -0.140. The van der Waals surface area contributed by atoms with Crippen molar-refractivity contribution < 1.29 is 17.6 Å². The van der Waals surface area contributed by atoms with E-state index in [0.717, 1.165) is 18.9 Å². The fraction of sp³-hybridized carbons (Fsp3) is 0.538. The smallest absolute Gasteiger partial charge is 0.328 e. The quantitative estimate of drug-likeness (QED) is 0.842. The fourth-order valence-electron chi connectivity index (χ4n) is 2.27. The number of nitrogens with two attached hydrogens (primary N) is 1. The molecule has 0 aromatic heterocycles. The van der Waals surface area contributed by atoms with Crippen LogP contribution in [-0.4, -0.2) is 24.0 Å². The van der Waals surface area contributed by atoms with Gasteiger partial charge in [-0.25, -0.2) is 4.39 Å². The van der Waals surface area contributed by atoms with Gasteiger partial charge in [-0.2, -0.15) is 13.2 Å². The van der Waals surface area contributed by atoms with E-state index in [4.69, 9.17) is 5.73 Å². The summed E-state index contributed by atoms with van der Waals surface area (Å²) < 4.78 is 51.6. The number of hydrogen-bond acceptors (Lipinski definition) is 2. The molecule has 0 aliphatic carbocycles. The van der Waals surface area contributed by atoms with Gasteiger partial charge in [-0.3, -0.25) is 4.90 Å². The molecule has 0 spiro atoms. The van der Waals surface area contributed by atoms with Crippen LogP contribution in [0.5, 0.6) is 0 Å². The van der Waals surface area contributed by atoms with Crippen molar-refractivity contribution in [1.29, 1.82) is 0 Å². The number of nitrogens with zero attached hydrogens (tertiary/aromatic N) is 1. The van der Waals surface area contributed by atoms with E-state index in [9.17, 15) is 17.6 Å². The molecular formula is C13H16F4N2. The second-order valence-electron chi connectivity index (χ2n) is 4.89. The Labute approximate surface area is 109 Å². The number of likely N-dealkylation sites (tertiary alicyclic amines) is 1. The molecule has 106 valence electrons. The molecule has 0 atom stereocenters. The molecule has 19 heavy (non-hydrogen) atoms. The van der Waals surface area contributed by atoms with E-state index < -0.39 is 17.6 Å². The molecule has 1 aromatic rings. The van der Waals surface area contributed by atoms with Gasteiger partial charge in [-0.05, 0) is 32.0 Å². The first kappa shape index (κ1) is 14.3. The summed E-state index contributed by atoms with van der Waals surface area (Å²) in [5.74, 6) is -1.16. The zero-order valence-electron chi connectivity index (χ0n) is 10.4. The molecule has 1 heterocycles. The van der Waals surface area contributed by atoms with Crippen LogP contribution in [0.3, 0.4) is 0 Å². The molecule has 0 radical (unpaired) electrons. The summed E-state index contributed by atoms with van der Waals surface area (Å²) in [6.07, 6.45) is -3.06. The number of hydrogen-bond donors (Lipinski definition) is 1. The highest BCUT2D eigenvalue weighted by Crippen LogP contribution is 2.32. The molecule has 0 amide bonds. The summed E-state index contributed by atoms with van der Waals surface area (Å²) >= 11 is 0. The molecule has 0 unspecified atom stereocenters. The standard InChI is InChI=1S/C13H16F4N2/c14-12-9(2-1-3-11(12)13(15,16)17)8-19-6-4-10(18)5-7-19/h1-3,10H,4-8,18H2. The van der Waals surface area contributed by atoms with Crippen molar-refractivity contribution in [2.24, 2.45) is 5.73 Å². The van der Waals surface area contributed by atoms with Crippen LogP contribution < -0.4 is 5.73 Å². The highest BCUT2D eigenvalue weighted by atomic mass is 19.4. The topological polar surface area (TPSA) is 29.3 Å². The van der Waals surface area contributed by atoms with Crippen molar-refractivity contribution in [3.63, 3.8) is 0 Å². The minimum atomic E-state index is -4.65. The van der Waals surface area contributed by atoms with E-state index in [-0.39, 0.29) is 18.2 Å². The number of alkyl halides is 3. The first-order valence-electron chi connectivity index (χ1n) is 6.20. The molecule has 2 nitrogen and oxygen atoms in total. The van der Waals surface area contributed by atoms with E-state index in [1.54, 1.807) is 0 Å². The Balaban J connectivity index is 2.13. The maximum atomic E-state index is 13.8. The average Bonchev–Trinajstić information content (AvgIpc) is 2.33. The van der Waals surface area contributed by atoms with Crippen LogP contribution in [0.1, 0.15) is 24.0 Å². The van der Waals surface area contributed by atoms with Crippen molar-refractivity contribution in [2.45, 2.75) is 31.6 Å². The third kappa shape index (κ3) is 3.45. The Morgan fingerprint density at radius 3 is 2.42 bits per heavy atom. The Hall–Kier alpha value is -1.14. The van der Waals surface area contributed by atoms with Crippen molar-refractivity contribution in [1.82, 2.24) is 4.90 Å². The first-order chi connectivity index (χ1) is 8.88. The zero-order valence-corrected chi connectivity index (χ0v) is 10.4. The molecule has 0 saturated carbocycles. The zero-order chi connectivity index (χ0) is 14.0. The molecule has 6 heteroatoms. The van der Waals surface area contributed by atoms with Crippen molar-refractivity contribution in [3.8, 4) is 0 Å². The van der Waals surface area contributed by atoms with Gasteiger partial charge in [0.15, 0.2) is 0 Å². The van der Waals surface area contributed by atoms with Gasteiger partial charge in [0.05, 0.1) is 5.56 Å². The lowest BCUT2D eigenvalue weighted by Gasteiger charge is -2.30. The highest BCUT2D eigenvalue weighted by molar-refractivity contribution is 5.28. The normalized spacial score (nSPS) is 18.8. The summed E-state index contributed by atoms with van der Waals surface area (Å²) in [7, 11) is 0. The Kier molecular flexibility index (Phi) is 4.10. The second-order valence-corrected chi connectivity index (χ2v) is 4.89. The van der Waals surface area contributed by atoms with Gasteiger partial charge in [-0.1, -0.05) is 12.1 Å². The van der Waals surface area contributed by atoms with Gasteiger partial charge in [-0.15, -0.1) is 0 Å². The molecule has 1 saturated heterocycles. The minimum absolute atomic E-state index is 0.0882. The Bertz CT molecular complexity index is 437. The van der Waals surface area contributed by atoms with E-state index in [1.165, 1.54) is 12.1 Å². The summed E-state index contributed by atoms with van der Waals surface area (Å²) in [5, 5.41) is 0. The summed E-state index contributed by atoms with van der Waals surface area (Å²) in [4.78, 5) is 1.93. The predicted molar refractivity (Wildman–Crippen MR) is 63.9 cm³/mol. The molecule has 1 aliphatic rings. The molecule has 2 rings (SSSR count). The number of benzene rings is 1. The monoisotopic (exact) mass is 276 g/mol. The molecule has 0 bridgehead atoms. The first-order valence-corrected chi connectivity index (χ1v) is 6.20. The third-order valence-corrected chi connectivity index (χ3v) is 3.41. The van der Waals surface area contributed by atoms with E-state index >= 15 is 0 Å². The maximum absolute atomic E-state index is 13.8. The lowest BCUT2D eigenvalue weighted by Crippen LogP contribution is -2.39. The van der Waals surface area contributed by atoms with Gasteiger partial charge >= 0.3 is 6.18 Å². The van der Waals surface area contributed by atoms with Gasteiger partial charge < -0.3 is 5.73 Å². The van der Waals surface area contributed by atoms with Crippen molar-refractivity contribution in [2.75, 3.05) is 13.1 Å². The van der Waals surface area contributed by atoms with E-state index in [1.807, 2.05) is 4.90 Å². The lowest BCUT2D eigenvalue weighted by atomic mass is 10.0. The molecule has 2 N–H and O–H groups in total. The summed E-state index contributed by atoms with van der Waals surface area (Å²) in [5.41, 5.74) is 4.64. The van der Waals surface area contributed by atoms with Crippen LogP contribution in [0, 0.1) is 5.82 Å². The van der Waals surface area contributed by atoms with Crippen molar-refractivity contribution in [3.05, 3.63) is 35.1 Å². The van der Waals surface area contributed by atoms with Crippen LogP contribution in [0.25, 0.3) is 0 Å². The highest BCUT2D eigenvalue weighted by Gasteiger charge is 2.35. The van der Waals surface area contributed by atoms with Crippen LogP contribution in [0.2, 0.25) is 0 Å². The van der Waals surface area contributed by atoms with Crippen LogP contribution in [0.4, 0.5) is 17.6 Å². The van der Waals surface area contributed by atoms with Crippen molar-refractivity contribution >= 4 is 0 Å². The van der Waals surface area contributed by atoms with E-state index in [2.05, 4.69) is 0 Å². The third-order valence-electron chi connectivity index (χ3n) is 3.41. The number of halogens is 4. The molecule has 1 aromatic carbocycles. The molecule has 1 aliphatic heterocycles. The van der Waals surface area contributed by atoms with Gasteiger partial charge in [0.1, 0.15) is 5.82 Å². The number of rotatable bonds is 2. The minimum Gasteiger partial charge on any atom is -0.328 e. The Morgan fingerprint density at radius 1 is 1.21 bits per heavy atom. The van der Waals surface area contributed by atoms with Crippen LogP contribution in [0.15, 0.2) is 18.2 Å². The summed E-state index contributed by atoms with van der Waals surface area (Å²) in [6, 6.07) is 3.56.